The van der Waals surface area contributed by atoms with Crippen LogP contribution in [0.1, 0.15) is 36.1 Å². The summed E-state index contributed by atoms with van der Waals surface area (Å²) in [4.78, 5) is 7.01. The van der Waals surface area contributed by atoms with Crippen LogP contribution < -0.4 is 15.4 Å². The number of benzene rings is 1. The molecule has 1 aliphatic heterocycles. The van der Waals surface area contributed by atoms with Crippen molar-refractivity contribution in [2.24, 2.45) is 12.0 Å². The lowest BCUT2D eigenvalue weighted by Crippen LogP contribution is -2.41. The van der Waals surface area contributed by atoms with E-state index in [0.29, 0.717) is 13.2 Å². The molecule has 0 spiro atoms. The average molecular weight is 429 g/mol. The number of nitrogens with one attached hydrogen (secondary N) is 2. The smallest absolute Gasteiger partial charge is 0.191 e. The van der Waals surface area contributed by atoms with E-state index in [1.807, 2.05) is 17.9 Å². The summed E-state index contributed by atoms with van der Waals surface area (Å²) in [5.41, 5.74) is 3.42. The standard InChI is InChI=1S/C23H36N6O2/c1-6-24-23(26-14-21(28(3)4)19-13-27-29(5)15-19)25-12-18-8-7-17(2)11-22(18)31-20-9-10-30-16-20/h7-8,11,13,15,20-21H,6,9-10,12,14,16H2,1-5H3,(H2,24,25,26). The lowest BCUT2D eigenvalue weighted by molar-refractivity contribution is 0.140. The molecule has 1 saturated heterocycles. The van der Waals surface area contributed by atoms with Gasteiger partial charge >= 0.3 is 0 Å². The first kappa shape index (κ1) is 23.1. The Morgan fingerprint density at radius 1 is 1.39 bits per heavy atom. The van der Waals surface area contributed by atoms with Gasteiger partial charge in [-0.15, -0.1) is 0 Å². The van der Waals surface area contributed by atoms with Gasteiger partial charge in [0.15, 0.2) is 5.96 Å². The van der Waals surface area contributed by atoms with Crippen LogP contribution in [0.4, 0.5) is 0 Å². The van der Waals surface area contributed by atoms with E-state index in [2.05, 4.69) is 73.0 Å². The number of hydrogen-bond acceptors (Lipinski definition) is 5. The van der Waals surface area contributed by atoms with Crippen molar-refractivity contribution in [3.63, 3.8) is 0 Å². The Bertz CT molecular complexity index is 858. The molecule has 1 fully saturated rings. The Balaban J connectivity index is 1.69. The molecule has 2 N–H and O–H groups in total. The number of rotatable bonds is 9. The molecule has 0 radical (unpaired) electrons. The van der Waals surface area contributed by atoms with Gasteiger partial charge in [-0.2, -0.15) is 5.10 Å². The van der Waals surface area contributed by atoms with Gasteiger partial charge in [-0.3, -0.25) is 4.68 Å². The summed E-state index contributed by atoms with van der Waals surface area (Å²) in [7, 11) is 6.09. The van der Waals surface area contributed by atoms with Gasteiger partial charge in [0.25, 0.3) is 0 Å². The van der Waals surface area contributed by atoms with Crippen LogP contribution in [-0.2, 0) is 18.3 Å². The van der Waals surface area contributed by atoms with E-state index in [4.69, 9.17) is 14.5 Å². The Morgan fingerprint density at radius 2 is 2.23 bits per heavy atom. The molecule has 3 rings (SSSR count). The zero-order valence-corrected chi connectivity index (χ0v) is 19.4. The predicted molar refractivity (Wildman–Crippen MR) is 123 cm³/mol. The van der Waals surface area contributed by atoms with E-state index in [1.165, 1.54) is 11.1 Å². The summed E-state index contributed by atoms with van der Waals surface area (Å²) in [6, 6.07) is 6.49. The summed E-state index contributed by atoms with van der Waals surface area (Å²) >= 11 is 0. The van der Waals surface area contributed by atoms with Crippen LogP contribution >= 0.6 is 0 Å². The van der Waals surface area contributed by atoms with Crippen molar-refractivity contribution in [3.8, 4) is 5.75 Å². The molecule has 2 aromatic rings. The van der Waals surface area contributed by atoms with Gasteiger partial charge in [0, 0.05) is 43.9 Å². The van der Waals surface area contributed by atoms with Crippen LogP contribution in [0.5, 0.6) is 5.75 Å². The topological polar surface area (TPSA) is 75.9 Å². The van der Waals surface area contributed by atoms with Crippen molar-refractivity contribution >= 4 is 5.96 Å². The van der Waals surface area contributed by atoms with Crippen molar-refractivity contribution < 1.29 is 9.47 Å². The number of nitrogens with zero attached hydrogens (tertiary/aromatic N) is 4. The first-order valence-corrected chi connectivity index (χ1v) is 11.0. The fourth-order valence-corrected chi connectivity index (χ4v) is 3.60. The number of likely N-dealkylation sites (N-methyl/N-ethyl adjacent to an activating group) is 1. The zero-order chi connectivity index (χ0) is 22.2. The van der Waals surface area contributed by atoms with Gasteiger partial charge in [-0.05, 0) is 39.6 Å². The monoisotopic (exact) mass is 428 g/mol. The van der Waals surface area contributed by atoms with E-state index in [1.54, 1.807) is 0 Å². The molecule has 0 saturated carbocycles. The minimum absolute atomic E-state index is 0.122. The van der Waals surface area contributed by atoms with Crippen LogP contribution in [0.15, 0.2) is 35.6 Å². The summed E-state index contributed by atoms with van der Waals surface area (Å²) in [6.45, 7) is 7.63. The Morgan fingerprint density at radius 3 is 2.87 bits per heavy atom. The predicted octanol–water partition coefficient (Wildman–Crippen LogP) is 2.25. The van der Waals surface area contributed by atoms with Crippen molar-refractivity contribution in [3.05, 3.63) is 47.3 Å². The molecule has 31 heavy (non-hydrogen) atoms. The molecule has 2 heterocycles. The van der Waals surface area contributed by atoms with E-state index in [-0.39, 0.29) is 12.1 Å². The summed E-state index contributed by atoms with van der Waals surface area (Å²) in [5, 5.41) is 11.1. The number of aromatic nitrogens is 2. The second-order valence-corrected chi connectivity index (χ2v) is 8.22. The van der Waals surface area contributed by atoms with E-state index in [9.17, 15) is 0 Å². The third-order valence-corrected chi connectivity index (χ3v) is 5.35. The molecule has 170 valence electrons. The zero-order valence-electron chi connectivity index (χ0n) is 19.4. The third kappa shape index (κ3) is 6.70. The molecule has 1 aromatic carbocycles. The summed E-state index contributed by atoms with van der Waals surface area (Å²) in [6.07, 6.45) is 5.02. The highest BCUT2D eigenvalue weighted by Gasteiger charge is 2.19. The molecule has 0 aliphatic carbocycles. The maximum Gasteiger partial charge on any atom is 0.191 e. The third-order valence-electron chi connectivity index (χ3n) is 5.35. The summed E-state index contributed by atoms with van der Waals surface area (Å²) < 4.78 is 13.5. The van der Waals surface area contributed by atoms with Crippen LogP contribution in [-0.4, -0.2) is 67.1 Å². The van der Waals surface area contributed by atoms with Crippen LogP contribution in [0.25, 0.3) is 0 Å². The molecule has 8 heteroatoms. The van der Waals surface area contributed by atoms with E-state index in [0.717, 1.165) is 43.4 Å². The van der Waals surface area contributed by atoms with E-state index < -0.39 is 0 Å². The minimum atomic E-state index is 0.122. The summed E-state index contributed by atoms with van der Waals surface area (Å²) in [5.74, 6) is 1.69. The van der Waals surface area contributed by atoms with Gasteiger partial charge < -0.3 is 25.0 Å². The van der Waals surface area contributed by atoms with E-state index >= 15 is 0 Å². The number of ether oxygens (including phenoxy) is 2. The van der Waals surface area contributed by atoms with Crippen molar-refractivity contribution in [2.45, 2.75) is 39.0 Å². The maximum atomic E-state index is 6.22. The molecule has 8 nitrogen and oxygen atoms in total. The van der Waals surface area contributed by atoms with Crippen molar-refractivity contribution in [1.82, 2.24) is 25.3 Å². The number of aryl methyl sites for hydroxylation is 2. The molecule has 2 atom stereocenters. The minimum Gasteiger partial charge on any atom is -0.488 e. The van der Waals surface area contributed by atoms with Gasteiger partial charge in [0.1, 0.15) is 11.9 Å². The first-order chi connectivity index (χ1) is 15.0. The molecule has 2 unspecified atom stereocenters. The van der Waals surface area contributed by atoms with Crippen molar-refractivity contribution in [2.75, 3.05) is 40.4 Å². The Kier molecular flexibility index (Phi) is 8.31. The highest BCUT2D eigenvalue weighted by atomic mass is 16.5. The lowest BCUT2D eigenvalue weighted by atomic mass is 10.1. The van der Waals surface area contributed by atoms with Crippen LogP contribution in [0, 0.1) is 6.92 Å². The number of hydrogen-bond donors (Lipinski definition) is 2. The lowest BCUT2D eigenvalue weighted by Gasteiger charge is -2.24. The van der Waals surface area contributed by atoms with Gasteiger partial charge in [0.05, 0.1) is 32.0 Å². The Hall–Kier alpha value is -2.58. The highest BCUT2D eigenvalue weighted by molar-refractivity contribution is 5.79. The largest absolute Gasteiger partial charge is 0.488 e. The van der Waals surface area contributed by atoms with Gasteiger partial charge in [-0.25, -0.2) is 4.99 Å². The molecule has 1 aliphatic rings. The molecular weight excluding hydrogens is 392 g/mol. The normalized spacial score (nSPS) is 17.7. The molecular formula is C23H36N6O2. The maximum absolute atomic E-state index is 6.22. The number of guanidine groups is 1. The van der Waals surface area contributed by atoms with Gasteiger partial charge in [0.2, 0.25) is 0 Å². The quantitative estimate of drug-likeness (QED) is 0.471. The second-order valence-electron chi connectivity index (χ2n) is 8.22. The molecule has 1 aromatic heterocycles. The van der Waals surface area contributed by atoms with Gasteiger partial charge in [-0.1, -0.05) is 12.1 Å². The molecule has 0 bridgehead atoms. The fourth-order valence-electron chi connectivity index (χ4n) is 3.60. The van der Waals surface area contributed by atoms with Crippen molar-refractivity contribution in [1.29, 1.82) is 0 Å². The first-order valence-electron chi connectivity index (χ1n) is 11.0. The SMILES string of the molecule is CCNC(=NCc1ccc(C)cc1OC1CCOC1)NCC(c1cnn(C)c1)N(C)C. The fraction of sp³-hybridized carbons (Fsp3) is 0.565. The number of aliphatic imine (C=N–C) groups is 1. The molecule has 0 amide bonds. The second kappa shape index (κ2) is 11.2. The van der Waals surface area contributed by atoms with Crippen LogP contribution in [0.3, 0.4) is 0 Å². The highest BCUT2D eigenvalue weighted by Crippen LogP contribution is 2.24. The van der Waals surface area contributed by atoms with Crippen LogP contribution in [0.2, 0.25) is 0 Å². The average Bonchev–Trinajstić information content (AvgIpc) is 3.39. The Labute approximate surface area is 185 Å².